The van der Waals surface area contributed by atoms with E-state index in [0.29, 0.717) is 18.5 Å². The van der Waals surface area contributed by atoms with Gasteiger partial charge in [0.05, 0.1) is 25.3 Å². The van der Waals surface area contributed by atoms with Crippen molar-refractivity contribution in [1.82, 2.24) is 4.90 Å². The summed E-state index contributed by atoms with van der Waals surface area (Å²) in [5.74, 6) is -0.518. The number of carbonyl (C=O) groups is 2. The Morgan fingerprint density at radius 3 is 2.45 bits per heavy atom. The standard InChI is InChI=1S/C14H17NO5/c1-20-13(17)10-4-2-9(3-5-10)11-6-7-15(14(18)19)8-12(11)16/h2-5,11-12,16H,6-8H2,1H3,(H,18,19)/t11-,12+/m1/s1. The molecule has 1 aromatic carbocycles. The molecule has 2 rings (SSSR count). The van der Waals surface area contributed by atoms with Crippen LogP contribution >= 0.6 is 0 Å². The van der Waals surface area contributed by atoms with Gasteiger partial charge in [0.2, 0.25) is 0 Å². The average molecular weight is 279 g/mol. The highest BCUT2D eigenvalue weighted by atomic mass is 16.5. The highest BCUT2D eigenvalue weighted by Crippen LogP contribution is 2.28. The first-order chi connectivity index (χ1) is 9.52. The Morgan fingerprint density at radius 1 is 1.30 bits per heavy atom. The number of ether oxygens (including phenoxy) is 1. The molecule has 2 N–H and O–H groups in total. The zero-order valence-electron chi connectivity index (χ0n) is 11.2. The third kappa shape index (κ3) is 2.91. The molecule has 6 nitrogen and oxygen atoms in total. The second kappa shape index (κ2) is 5.92. The van der Waals surface area contributed by atoms with Gasteiger partial charge in [-0.25, -0.2) is 9.59 Å². The maximum atomic E-state index is 11.3. The van der Waals surface area contributed by atoms with Gasteiger partial charge in [0.15, 0.2) is 0 Å². The predicted octanol–water partition coefficient (Wildman–Crippen LogP) is 1.30. The molecule has 0 bridgehead atoms. The minimum absolute atomic E-state index is 0.110. The van der Waals surface area contributed by atoms with Crippen LogP contribution in [0.2, 0.25) is 0 Å². The Morgan fingerprint density at radius 2 is 1.95 bits per heavy atom. The van der Waals surface area contributed by atoms with Crippen molar-refractivity contribution < 1.29 is 24.5 Å². The van der Waals surface area contributed by atoms with Gasteiger partial charge in [0, 0.05) is 12.5 Å². The molecule has 1 amide bonds. The van der Waals surface area contributed by atoms with E-state index in [1.165, 1.54) is 12.0 Å². The number of rotatable bonds is 2. The number of carbonyl (C=O) groups excluding carboxylic acids is 1. The fourth-order valence-electron chi connectivity index (χ4n) is 2.48. The summed E-state index contributed by atoms with van der Waals surface area (Å²) in [6, 6.07) is 6.85. The van der Waals surface area contributed by atoms with E-state index in [0.717, 1.165) is 5.56 Å². The van der Waals surface area contributed by atoms with Crippen molar-refractivity contribution in [3.63, 3.8) is 0 Å². The molecule has 0 aliphatic carbocycles. The van der Waals surface area contributed by atoms with Crippen LogP contribution in [0.4, 0.5) is 4.79 Å². The Bertz CT molecular complexity index is 499. The van der Waals surface area contributed by atoms with Crippen LogP contribution in [0.15, 0.2) is 24.3 Å². The van der Waals surface area contributed by atoms with Crippen LogP contribution in [0.25, 0.3) is 0 Å². The summed E-state index contributed by atoms with van der Waals surface area (Å²) in [6.45, 7) is 0.508. The lowest BCUT2D eigenvalue weighted by Gasteiger charge is -2.34. The lowest BCUT2D eigenvalue weighted by molar-refractivity contribution is 0.0503. The van der Waals surface area contributed by atoms with Crippen LogP contribution in [-0.2, 0) is 4.74 Å². The summed E-state index contributed by atoms with van der Waals surface area (Å²) < 4.78 is 4.62. The molecule has 0 spiro atoms. The summed E-state index contributed by atoms with van der Waals surface area (Å²) in [5, 5.41) is 19.0. The third-order valence-electron chi connectivity index (χ3n) is 3.61. The number of hydrogen-bond donors (Lipinski definition) is 2. The van der Waals surface area contributed by atoms with E-state index in [9.17, 15) is 14.7 Å². The number of aliphatic hydroxyl groups is 1. The molecule has 108 valence electrons. The normalized spacial score (nSPS) is 22.4. The van der Waals surface area contributed by atoms with E-state index in [-0.39, 0.29) is 12.5 Å². The highest BCUT2D eigenvalue weighted by molar-refractivity contribution is 5.89. The van der Waals surface area contributed by atoms with Crippen molar-refractivity contribution in [1.29, 1.82) is 0 Å². The van der Waals surface area contributed by atoms with Crippen LogP contribution in [0, 0.1) is 0 Å². The molecule has 6 heteroatoms. The van der Waals surface area contributed by atoms with Gasteiger partial charge in [-0.05, 0) is 24.1 Å². The number of methoxy groups -OCH3 is 1. The molecule has 2 atom stereocenters. The van der Waals surface area contributed by atoms with E-state index >= 15 is 0 Å². The number of amides is 1. The van der Waals surface area contributed by atoms with Gasteiger partial charge in [-0.15, -0.1) is 0 Å². The SMILES string of the molecule is COC(=O)c1ccc([C@H]2CCN(C(=O)O)C[C@@H]2O)cc1. The van der Waals surface area contributed by atoms with Gasteiger partial charge in [0.1, 0.15) is 0 Å². The Labute approximate surface area is 116 Å². The highest BCUT2D eigenvalue weighted by Gasteiger charge is 2.31. The van der Waals surface area contributed by atoms with Gasteiger partial charge in [-0.1, -0.05) is 12.1 Å². The van der Waals surface area contributed by atoms with Gasteiger partial charge >= 0.3 is 12.1 Å². The molecular weight excluding hydrogens is 262 g/mol. The second-order valence-electron chi connectivity index (χ2n) is 4.80. The number of carboxylic acid groups (broad SMARTS) is 1. The maximum Gasteiger partial charge on any atom is 0.407 e. The van der Waals surface area contributed by atoms with Crippen molar-refractivity contribution in [2.45, 2.75) is 18.4 Å². The molecule has 0 saturated carbocycles. The van der Waals surface area contributed by atoms with Gasteiger partial charge in [-0.2, -0.15) is 0 Å². The van der Waals surface area contributed by atoms with Crippen LogP contribution in [0.5, 0.6) is 0 Å². The lowest BCUT2D eigenvalue weighted by Crippen LogP contribution is -2.45. The fourth-order valence-corrected chi connectivity index (χ4v) is 2.48. The number of benzene rings is 1. The molecule has 1 aliphatic rings. The van der Waals surface area contributed by atoms with Crippen LogP contribution in [0.1, 0.15) is 28.3 Å². The number of hydrogen-bond acceptors (Lipinski definition) is 4. The number of piperidine rings is 1. The maximum absolute atomic E-state index is 11.3. The molecule has 0 aromatic heterocycles. The summed E-state index contributed by atoms with van der Waals surface area (Å²) >= 11 is 0. The number of likely N-dealkylation sites (tertiary alicyclic amines) is 1. The molecule has 1 aliphatic heterocycles. The largest absolute Gasteiger partial charge is 0.465 e. The van der Waals surface area contributed by atoms with Crippen molar-refractivity contribution in [2.75, 3.05) is 20.2 Å². The minimum Gasteiger partial charge on any atom is -0.465 e. The van der Waals surface area contributed by atoms with Crippen molar-refractivity contribution in [2.24, 2.45) is 0 Å². The Kier molecular flexibility index (Phi) is 4.24. The zero-order valence-corrected chi connectivity index (χ0v) is 11.2. The smallest absolute Gasteiger partial charge is 0.407 e. The monoisotopic (exact) mass is 279 g/mol. The Hall–Kier alpha value is -2.08. The summed E-state index contributed by atoms with van der Waals surface area (Å²) in [7, 11) is 1.32. The van der Waals surface area contributed by atoms with Gasteiger partial charge < -0.3 is 19.8 Å². The number of β-amino-alcohol motifs (C(OH)–C–C–N with tert-alkyl or cyclic N) is 1. The van der Waals surface area contributed by atoms with Crippen LogP contribution in [0.3, 0.4) is 0 Å². The second-order valence-corrected chi connectivity index (χ2v) is 4.80. The Balaban J connectivity index is 2.09. The van der Waals surface area contributed by atoms with Crippen LogP contribution in [-0.4, -0.2) is 53.5 Å². The molecular formula is C14H17NO5. The molecule has 1 saturated heterocycles. The molecule has 1 aromatic rings. The average Bonchev–Trinajstić information content (AvgIpc) is 2.46. The molecule has 1 heterocycles. The summed E-state index contributed by atoms with van der Waals surface area (Å²) in [5.41, 5.74) is 1.35. The first-order valence-corrected chi connectivity index (χ1v) is 6.37. The molecule has 0 radical (unpaired) electrons. The number of esters is 1. The molecule has 1 fully saturated rings. The zero-order chi connectivity index (χ0) is 14.7. The van der Waals surface area contributed by atoms with Crippen molar-refractivity contribution in [3.05, 3.63) is 35.4 Å². The lowest BCUT2D eigenvalue weighted by atomic mass is 9.87. The topological polar surface area (TPSA) is 87.1 Å². The molecule has 0 unspecified atom stereocenters. The minimum atomic E-state index is -1.01. The van der Waals surface area contributed by atoms with E-state index < -0.39 is 18.2 Å². The number of nitrogens with zero attached hydrogens (tertiary/aromatic N) is 1. The van der Waals surface area contributed by atoms with Crippen molar-refractivity contribution >= 4 is 12.1 Å². The summed E-state index contributed by atoms with van der Waals surface area (Å²) in [4.78, 5) is 23.4. The van der Waals surface area contributed by atoms with Crippen LogP contribution < -0.4 is 0 Å². The number of aliphatic hydroxyl groups excluding tert-OH is 1. The van der Waals surface area contributed by atoms with Gasteiger partial charge in [-0.3, -0.25) is 0 Å². The van der Waals surface area contributed by atoms with E-state index in [1.54, 1.807) is 24.3 Å². The predicted molar refractivity (Wildman–Crippen MR) is 70.7 cm³/mol. The molecule has 20 heavy (non-hydrogen) atoms. The third-order valence-corrected chi connectivity index (χ3v) is 3.61. The van der Waals surface area contributed by atoms with E-state index in [1.807, 2.05) is 0 Å². The van der Waals surface area contributed by atoms with E-state index in [4.69, 9.17) is 5.11 Å². The summed E-state index contributed by atoms with van der Waals surface area (Å²) in [6.07, 6.45) is -1.18. The van der Waals surface area contributed by atoms with Crippen molar-refractivity contribution in [3.8, 4) is 0 Å². The quantitative estimate of drug-likeness (QED) is 0.797. The first kappa shape index (κ1) is 14.3. The van der Waals surface area contributed by atoms with E-state index in [2.05, 4.69) is 4.74 Å². The fraction of sp³-hybridized carbons (Fsp3) is 0.429. The van der Waals surface area contributed by atoms with Gasteiger partial charge in [0.25, 0.3) is 0 Å². The first-order valence-electron chi connectivity index (χ1n) is 6.37.